The van der Waals surface area contributed by atoms with Crippen LogP contribution >= 0.6 is 0 Å². The Balaban J connectivity index is 1.62. The quantitative estimate of drug-likeness (QED) is 0.661. The summed E-state index contributed by atoms with van der Waals surface area (Å²) in [5.41, 5.74) is 4.30. The molecule has 3 N–H and O–H groups in total. The molecule has 1 heterocycles. The number of rotatable bonds is 6. The molecule has 1 saturated carbocycles. The van der Waals surface area contributed by atoms with Crippen molar-refractivity contribution in [3.63, 3.8) is 0 Å². The van der Waals surface area contributed by atoms with Crippen LogP contribution in [0.3, 0.4) is 0 Å². The Morgan fingerprint density at radius 2 is 1.74 bits per heavy atom. The van der Waals surface area contributed by atoms with Crippen molar-refractivity contribution in [2.24, 2.45) is 0 Å². The molecule has 27 heavy (non-hydrogen) atoms. The molecule has 0 unspecified atom stereocenters. The third-order valence-electron chi connectivity index (χ3n) is 4.16. The summed E-state index contributed by atoms with van der Waals surface area (Å²) in [6.07, 6.45) is 1.07. The number of aromatic nitrogens is 2. The molecule has 0 spiro atoms. The van der Waals surface area contributed by atoms with Gasteiger partial charge in [-0.3, -0.25) is 20.4 Å². The second-order valence-corrected chi connectivity index (χ2v) is 5.98. The molecule has 0 bridgehead atoms. The molecule has 142 valence electrons. The minimum Gasteiger partial charge on any atom is -0.497 e. The number of alkyl halides is 2. The molecule has 10 heteroatoms. The van der Waals surface area contributed by atoms with E-state index in [0.717, 1.165) is 24.2 Å². The lowest BCUT2D eigenvalue weighted by atomic mass is 10.1. The van der Waals surface area contributed by atoms with Crippen LogP contribution in [0.2, 0.25) is 0 Å². The number of amides is 2. The number of benzene rings is 1. The molecule has 2 amide bonds. The molecule has 1 aromatic heterocycles. The lowest BCUT2D eigenvalue weighted by molar-refractivity contribution is -0.132. The molecule has 8 nitrogen and oxygen atoms in total. The van der Waals surface area contributed by atoms with Gasteiger partial charge in [0.1, 0.15) is 5.75 Å². The minimum absolute atomic E-state index is 0.0180. The number of methoxy groups -OCH3 is 1. The van der Waals surface area contributed by atoms with Crippen LogP contribution in [0.5, 0.6) is 5.75 Å². The monoisotopic (exact) mass is 377 g/mol. The van der Waals surface area contributed by atoms with E-state index in [4.69, 9.17) is 4.74 Å². The van der Waals surface area contributed by atoms with Crippen LogP contribution in [0, 0.1) is 0 Å². The van der Waals surface area contributed by atoms with Gasteiger partial charge in [-0.15, -0.1) is 0 Å². The van der Waals surface area contributed by atoms with E-state index in [-0.39, 0.29) is 11.1 Å². The number of nitrogens with zero attached hydrogens (tertiary/aromatic N) is 2. The Kier molecular flexibility index (Phi) is 5.15. The summed E-state index contributed by atoms with van der Waals surface area (Å²) >= 11 is 0. The number of carbonyl (C=O) groups is 2. The maximum absolute atomic E-state index is 12.1. The summed E-state index contributed by atoms with van der Waals surface area (Å²) in [5.74, 6) is -1.30. The Labute approximate surface area is 153 Å². The molecule has 0 saturated heterocycles. The first kappa shape index (κ1) is 18.5. The third kappa shape index (κ3) is 4.27. The van der Waals surface area contributed by atoms with Gasteiger partial charge in [-0.25, -0.2) is 9.97 Å². The normalized spacial score (nSPS) is 14.4. The van der Waals surface area contributed by atoms with E-state index in [0.29, 0.717) is 5.95 Å². The second-order valence-electron chi connectivity index (χ2n) is 5.98. The van der Waals surface area contributed by atoms with Gasteiger partial charge in [0, 0.05) is 12.4 Å². The van der Waals surface area contributed by atoms with Gasteiger partial charge in [-0.2, -0.15) is 8.78 Å². The number of anilines is 1. The van der Waals surface area contributed by atoms with Gasteiger partial charge in [-0.05, 0) is 30.5 Å². The van der Waals surface area contributed by atoms with E-state index in [9.17, 15) is 18.4 Å². The molecule has 0 atom stereocenters. The van der Waals surface area contributed by atoms with Crippen molar-refractivity contribution in [2.45, 2.75) is 24.8 Å². The average Bonchev–Trinajstić information content (AvgIpc) is 3.47. The van der Waals surface area contributed by atoms with Gasteiger partial charge in [0.25, 0.3) is 5.91 Å². The van der Waals surface area contributed by atoms with E-state index in [2.05, 4.69) is 15.3 Å². The summed E-state index contributed by atoms with van der Waals surface area (Å²) < 4.78 is 29.3. The molecular formula is C17H17F2N5O3. The largest absolute Gasteiger partial charge is 0.497 e. The summed E-state index contributed by atoms with van der Waals surface area (Å²) in [6, 6.07) is 7.68. The fraction of sp³-hybridized carbons (Fsp3) is 0.294. The highest BCUT2D eigenvalue weighted by atomic mass is 19.3. The molecular weight excluding hydrogens is 360 g/mol. The number of halogens is 2. The molecule has 0 aliphatic heterocycles. The van der Waals surface area contributed by atoms with Crippen LogP contribution in [0.25, 0.3) is 0 Å². The predicted octanol–water partition coefficient (Wildman–Crippen LogP) is 1.61. The minimum atomic E-state index is -3.22. The summed E-state index contributed by atoms with van der Waals surface area (Å²) in [6.45, 7) is 0. The molecule has 1 aliphatic carbocycles. The highest BCUT2D eigenvalue weighted by Gasteiger charge is 2.45. The van der Waals surface area contributed by atoms with Crippen molar-refractivity contribution in [1.82, 2.24) is 20.8 Å². The first-order chi connectivity index (χ1) is 12.9. The SMILES string of the molecule is COc1ccc(C2(Nc3ncc(C(=O)NNC(=O)C(F)F)cn3)CC2)cc1. The molecule has 3 rings (SSSR count). The van der Waals surface area contributed by atoms with Crippen molar-refractivity contribution < 1.29 is 23.1 Å². The second kappa shape index (κ2) is 7.52. The van der Waals surface area contributed by atoms with Gasteiger partial charge >= 0.3 is 12.3 Å². The van der Waals surface area contributed by atoms with Gasteiger partial charge < -0.3 is 10.1 Å². The van der Waals surface area contributed by atoms with Crippen molar-refractivity contribution >= 4 is 17.8 Å². The molecule has 0 radical (unpaired) electrons. The van der Waals surface area contributed by atoms with E-state index in [1.165, 1.54) is 12.4 Å². The van der Waals surface area contributed by atoms with Crippen LogP contribution in [-0.4, -0.2) is 35.3 Å². The van der Waals surface area contributed by atoms with Gasteiger partial charge in [0.05, 0.1) is 18.2 Å². The van der Waals surface area contributed by atoms with E-state index in [1.54, 1.807) is 12.5 Å². The van der Waals surface area contributed by atoms with Crippen molar-refractivity contribution in [2.75, 3.05) is 12.4 Å². The first-order valence-electron chi connectivity index (χ1n) is 8.07. The fourth-order valence-corrected chi connectivity index (χ4v) is 2.49. The van der Waals surface area contributed by atoms with Crippen LogP contribution < -0.4 is 20.9 Å². The lowest BCUT2D eigenvalue weighted by Gasteiger charge is -2.18. The van der Waals surface area contributed by atoms with Crippen LogP contribution in [0.1, 0.15) is 28.8 Å². The standard InChI is InChI=1S/C17H17F2N5O3/c1-27-12-4-2-11(3-5-12)17(6-7-17)22-16-20-8-10(9-21-16)14(25)23-24-15(26)13(18)19/h2-5,8-9,13H,6-7H2,1H3,(H,23,25)(H,24,26)(H,20,21,22). The summed E-state index contributed by atoms with van der Waals surface area (Å²) in [7, 11) is 1.60. The van der Waals surface area contributed by atoms with Crippen LogP contribution in [0.15, 0.2) is 36.7 Å². The zero-order valence-corrected chi connectivity index (χ0v) is 14.3. The number of hydrazine groups is 1. The van der Waals surface area contributed by atoms with Gasteiger partial charge in [0.15, 0.2) is 0 Å². The average molecular weight is 377 g/mol. The zero-order chi connectivity index (χ0) is 19.4. The number of nitrogens with one attached hydrogen (secondary N) is 3. The van der Waals surface area contributed by atoms with Crippen molar-refractivity contribution in [3.05, 3.63) is 47.8 Å². The third-order valence-corrected chi connectivity index (χ3v) is 4.16. The van der Waals surface area contributed by atoms with Crippen molar-refractivity contribution in [3.8, 4) is 5.75 Å². The maximum Gasteiger partial charge on any atom is 0.317 e. The van der Waals surface area contributed by atoms with Gasteiger partial charge in [-0.1, -0.05) is 12.1 Å². The number of hydrogen-bond donors (Lipinski definition) is 3. The number of carbonyl (C=O) groups excluding carboxylic acids is 2. The molecule has 2 aromatic rings. The highest BCUT2D eigenvalue weighted by molar-refractivity contribution is 5.95. The number of hydrogen-bond acceptors (Lipinski definition) is 6. The predicted molar refractivity (Wildman–Crippen MR) is 91.2 cm³/mol. The molecule has 1 aliphatic rings. The zero-order valence-electron chi connectivity index (χ0n) is 14.3. The van der Waals surface area contributed by atoms with E-state index >= 15 is 0 Å². The van der Waals surface area contributed by atoms with Gasteiger partial charge in [0.2, 0.25) is 5.95 Å². The Morgan fingerprint density at radius 3 is 2.26 bits per heavy atom. The van der Waals surface area contributed by atoms with Crippen molar-refractivity contribution in [1.29, 1.82) is 0 Å². The number of ether oxygens (including phenoxy) is 1. The maximum atomic E-state index is 12.1. The van der Waals surface area contributed by atoms with E-state index in [1.807, 2.05) is 29.7 Å². The Hall–Kier alpha value is -3.30. The van der Waals surface area contributed by atoms with Crippen LogP contribution in [-0.2, 0) is 10.3 Å². The summed E-state index contributed by atoms with van der Waals surface area (Å²) in [4.78, 5) is 30.7. The summed E-state index contributed by atoms with van der Waals surface area (Å²) in [5, 5.41) is 3.25. The topological polar surface area (TPSA) is 105 Å². The Bertz CT molecular complexity index is 823. The fourth-order valence-electron chi connectivity index (χ4n) is 2.49. The highest BCUT2D eigenvalue weighted by Crippen LogP contribution is 2.48. The molecule has 1 fully saturated rings. The smallest absolute Gasteiger partial charge is 0.317 e. The van der Waals surface area contributed by atoms with E-state index < -0.39 is 18.2 Å². The molecule has 1 aromatic carbocycles. The Morgan fingerprint density at radius 1 is 1.11 bits per heavy atom. The first-order valence-corrected chi connectivity index (χ1v) is 8.07. The lowest BCUT2D eigenvalue weighted by Crippen LogP contribution is -2.44. The van der Waals surface area contributed by atoms with Crippen LogP contribution in [0.4, 0.5) is 14.7 Å².